The maximum atomic E-state index is 13.4. The minimum absolute atomic E-state index is 0.0282. The van der Waals surface area contributed by atoms with E-state index in [0.717, 1.165) is 23.3 Å². The summed E-state index contributed by atoms with van der Waals surface area (Å²) < 4.78 is 63.2. The summed E-state index contributed by atoms with van der Waals surface area (Å²) in [6.45, 7) is 10.2. The first kappa shape index (κ1) is 103. The van der Waals surface area contributed by atoms with Crippen molar-refractivity contribution in [1.82, 2.24) is 0 Å². The van der Waals surface area contributed by atoms with E-state index in [9.17, 15) is 26.4 Å². The number of terminal acetylenes is 1. The minimum atomic E-state index is -4.77. The van der Waals surface area contributed by atoms with Gasteiger partial charge >= 0.3 is 6.18 Å². The Labute approximate surface area is 775 Å². The van der Waals surface area contributed by atoms with Gasteiger partial charge in [0.2, 0.25) is 0 Å². The number of alkyl halides is 3. The molecule has 7 nitrogen and oxygen atoms in total. The quantitative estimate of drug-likeness (QED) is 0.243. The molecule has 12 heteroatoms. The Morgan fingerprint density at radius 2 is 0.500 bits per heavy atom. The largest absolute Gasteiger partial charge is 0.407 e. The van der Waals surface area contributed by atoms with Gasteiger partial charge in [0.1, 0.15) is 5.54 Å². The highest BCUT2D eigenvalue weighted by Gasteiger charge is 2.50. The van der Waals surface area contributed by atoms with Crippen LogP contribution in [0.3, 0.4) is 0 Å². The van der Waals surface area contributed by atoms with Crippen LogP contribution in [-0.2, 0) is 26.6 Å². The Morgan fingerprint density at radius 3 is 0.659 bits per heavy atom. The number of carbonyl (C=O) groups excluding carboxylic acids is 1. The van der Waals surface area contributed by atoms with Crippen molar-refractivity contribution in [1.29, 1.82) is 5.26 Å². The summed E-state index contributed by atoms with van der Waals surface area (Å²) in [4.78, 5) is 18.6. The number of halogens is 3. The fourth-order valence-electron chi connectivity index (χ4n) is 6.49. The average Bonchev–Trinajstić information content (AvgIpc) is 1.58. The minimum Gasteiger partial charge on any atom is -0.304 e. The predicted molar refractivity (Wildman–Crippen MR) is 507 cm³/mol. The van der Waals surface area contributed by atoms with Gasteiger partial charge < -0.3 is 4.90 Å². The number of thiocarbonyl (C=S) groups is 1. The summed E-state index contributed by atoms with van der Waals surface area (Å²) in [5.74, 6) is 240. The van der Waals surface area contributed by atoms with E-state index in [-0.39, 0.29) is 16.6 Å². The van der Waals surface area contributed by atoms with Gasteiger partial charge in [0.15, 0.2) is 26.7 Å². The van der Waals surface area contributed by atoms with Gasteiger partial charge in [0.25, 0.3) is 5.91 Å². The Balaban J connectivity index is 0.00000152. The van der Waals surface area contributed by atoms with E-state index in [4.69, 9.17) is 30.5 Å². The van der Waals surface area contributed by atoms with E-state index in [0.29, 0.717) is 11.3 Å². The zero-order chi connectivity index (χ0) is 95.4. The molecule has 0 aromatic heterocycles. The SMILES string of the molecule is C#CC#CC#CC#CC#CC#CC#CC#CC#CC#CC#CC#CC#CC#CC#CC#CC#CC#CC#CC#CC#CC#CC#CC#CC#CC#CC#CC#CC#CC#CC#CC#CC#CC#CC#CC#CC#CC#CC#CC#CC#CC#CC#CC#CC#CC#CC#CC#CC#CC#N.[C-]#[N+]c1ccc(N2C(=O)C(C)(C)N(c3ccc(CS(C)(=O)=O)cc3)C2=S)cc1C(F)(F)F. The van der Waals surface area contributed by atoms with Crippen molar-refractivity contribution < 1.29 is 26.4 Å². The van der Waals surface area contributed by atoms with Gasteiger partial charge in [-0.2, -0.15) is 18.4 Å². The number of anilines is 2. The molecule has 0 saturated carbocycles. The Kier molecular flexibility index (Phi) is 56.5. The molecule has 1 saturated heterocycles. The van der Waals surface area contributed by atoms with E-state index in [1.165, 1.54) is 11.0 Å². The lowest BCUT2D eigenvalue weighted by Crippen LogP contribution is -2.44. The Bertz CT molecular complexity index is 8680. The smallest absolute Gasteiger partial charge is 0.304 e. The normalized spacial score (nSPS) is 6.96. The molecule has 0 bridgehead atoms. The number of benzene rings is 2. The highest BCUT2D eigenvalue weighted by Crippen LogP contribution is 2.42. The lowest BCUT2D eigenvalue weighted by atomic mass is 10.0. The molecule has 3 rings (SSSR count). The Morgan fingerprint density at radius 1 is 0.326 bits per heavy atom. The van der Waals surface area contributed by atoms with Crippen LogP contribution in [0.2, 0.25) is 0 Å². The summed E-state index contributed by atoms with van der Waals surface area (Å²) in [7, 11) is -3.23. The zero-order valence-electron chi connectivity index (χ0n) is 67.3. The first-order valence-electron chi connectivity index (χ1n) is 34.0. The molecular formula is C120H19F3N4O3S2. The number of hydrogen-bond donors (Lipinski definition) is 0. The van der Waals surface area contributed by atoms with Crippen molar-refractivity contribution in [2.24, 2.45) is 0 Å². The number of hydrogen-bond acceptors (Lipinski definition) is 5. The van der Waals surface area contributed by atoms with E-state index in [1.54, 1.807) is 44.2 Å². The van der Waals surface area contributed by atoms with E-state index < -0.39 is 38.7 Å². The number of amides is 1. The molecule has 0 atom stereocenters. The van der Waals surface area contributed by atoms with Crippen LogP contribution < -0.4 is 9.80 Å². The fourth-order valence-corrected chi connectivity index (χ4v) is 7.81. The van der Waals surface area contributed by atoms with Crippen molar-refractivity contribution in [3.05, 3.63) is 65.0 Å². The topological polar surface area (TPSA) is 85.8 Å². The van der Waals surface area contributed by atoms with E-state index >= 15 is 0 Å². The van der Waals surface area contributed by atoms with Gasteiger partial charge in [0.05, 0.1) is 17.9 Å². The highest BCUT2D eigenvalue weighted by atomic mass is 32.2. The van der Waals surface area contributed by atoms with Crippen LogP contribution in [0.15, 0.2) is 42.5 Å². The second kappa shape index (κ2) is 72.4. The molecule has 570 valence electrons. The molecule has 1 aliphatic rings. The third kappa shape index (κ3) is 57.9. The number of nitriles is 1. The van der Waals surface area contributed by atoms with Gasteiger partial charge in [-0.3, -0.25) is 9.69 Å². The zero-order valence-corrected chi connectivity index (χ0v) is 68.9. The molecule has 0 N–H and O–H groups in total. The maximum absolute atomic E-state index is 13.4. The number of sulfone groups is 1. The standard InChI is InChI=1S/C99HN.C21H18F3N3O3S2/c1-2-3-4-5-6-7-8-9-10-11-12-13-14-15-16-17-18-19-20-21-22-23-24-25-26-27-28-29-30-31-32-33-34-35-36-37-38-39-40-41-42-43-44-45-46-47-48-49-50-51-52-53-54-55-56-57-58-59-60-61-62-63-64-65-66-67-68-69-70-71-72-73-74-75-76-77-78-79-80-81-82-83-84-85-86-87-88-89-90-91-92-93-94-95-96-97-98-99-100;1-20(2)18(28)26(15-9-10-17(25-3)16(11-15)21(22,23)24)19(31)27(20)14-7-5-13(6-8-14)12-32(4,29)30/h1H;5-11H,12H2,1-2,4H3. The van der Waals surface area contributed by atoms with Crippen molar-refractivity contribution in [3.63, 3.8) is 0 Å². The van der Waals surface area contributed by atoms with Crippen LogP contribution in [0, 0.1) is 599 Å². The summed E-state index contributed by atoms with van der Waals surface area (Å²) in [5.41, 5.74) is -2.00. The summed E-state index contributed by atoms with van der Waals surface area (Å²) in [6.07, 6.45) is 1.29. The van der Waals surface area contributed by atoms with E-state index in [1.807, 2.05) is 0 Å². The van der Waals surface area contributed by atoms with Gasteiger partial charge in [-0.05, 0) is 103 Å². The highest BCUT2D eigenvalue weighted by molar-refractivity contribution is 7.89. The van der Waals surface area contributed by atoms with Crippen LogP contribution in [0.1, 0.15) is 25.0 Å². The Hall–Kier alpha value is -25.0. The third-order valence-corrected chi connectivity index (χ3v) is 12.2. The predicted octanol–water partition coefficient (Wildman–Crippen LogP) is 5.02. The third-order valence-electron chi connectivity index (χ3n) is 11.0. The van der Waals surface area contributed by atoms with Crippen LogP contribution >= 0.6 is 12.2 Å². The van der Waals surface area contributed by atoms with E-state index in [2.05, 4.69) is 579 Å². The molecule has 0 spiro atoms. The maximum Gasteiger partial charge on any atom is 0.407 e. The molecule has 1 fully saturated rings. The van der Waals surface area contributed by atoms with Crippen molar-refractivity contribution in [3.8, 4) is 587 Å². The summed E-state index contributed by atoms with van der Waals surface area (Å²) >= 11 is 5.46. The first-order chi connectivity index (χ1) is 64.6. The molecule has 1 aliphatic heterocycles. The molecule has 0 aliphatic carbocycles. The average molecular weight is 1690 g/mol. The van der Waals surface area contributed by atoms with Gasteiger partial charge in [-0.25, -0.2) is 13.3 Å². The van der Waals surface area contributed by atoms with Crippen molar-refractivity contribution in [2.45, 2.75) is 31.3 Å². The molecule has 1 amide bonds. The molecular weight excluding hydrogens is 1670 g/mol. The summed E-state index contributed by atoms with van der Waals surface area (Å²) in [6, 6.07) is 11.0. The van der Waals surface area contributed by atoms with Gasteiger partial charge in [-0.1, -0.05) is 18.2 Å². The fraction of sp³-hybridized carbons (Fsp3) is 0.0500. The monoisotopic (exact) mass is 1680 g/mol. The van der Waals surface area contributed by atoms with Crippen LogP contribution in [0.25, 0.3) is 4.85 Å². The van der Waals surface area contributed by atoms with Crippen LogP contribution in [-0.4, -0.2) is 31.2 Å². The number of carbonyl (C=O) groups is 1. The van der Waals surface area contributed by atoms with Crippen molar-refractivity contribution in [2.75, 3.05) is 16.1 Å². The molecule has 2 aromatic rings. The lowest BCUT2D eigenvalue weighted by Gasteiger charge is -2.29. The first-order valence-corrected chi connectivity index (χ1v) is 36.4. The number of nitrogens with zero attached hydrogens (tertiary/aromatic N) is 4. The molecule has 0 unspecified atom stereocenters. The summed E-state index contributed by atoms with van der Waals surface area (Å²) in [5, 5.41) is 8.19. The second-order valence-corrected chi connectivity index (χ2v) is 22.6. The molecule has 1 heterocycles. The molecule has 2 aromatic carbocycles. The molecule has 132 heavy (non-hydrogen) atoms. The van der Waals surface area contributed by atoms with Gasteiger partial charge in [0, 0.05) is 545 Å². The van der Waals surface area contributed by atoms with Gasteiger partial charge in [-0.15, -0.1) is 6.42 Å². The lowest BCUT2D eigenvalue weighted by molar-refractivity contribution is -0.136. The second-order valence-electron chi connectivity index (χ2n) is 20.1. The van der Waals surface area contributed by atoms with Crippen LogP contribution in [0.5, 0.6) is 0 Å². The molecule has 0 radical (unpaired) electrons. The van der Waals surface area contributed by atoms with Crippen LogP contribution in [0.4, 0.5) is 30.2 Å². The number of rotatable bonds is 4. The van der Waals surface area contributed by atoms with Crippen molar-refractivity contribution >= 4 is 50.1 Å².